The molecule has 2 aliphatic rings. The lowest BCUT2D eigenvalue weighted by Gasteiger charge is -2.32. The molecule has 1 aromatic heterocycles. The quantitative estimate of drug-likeness (QED) is 0.705. The van der Waals surface area contributed by atoms with Crippen molar-refractivity contribution >= 4 is 18.0 Å². The number of likely N-dealkylation sites (tertiary alicyclic amines) is 1. The number of aromatic nitrogens is 1. The van der Waals surface area contributed by atoms with Gasteiger partial charge in [-0.3, -0.25) is 4.90 Å². The summed E-state index contributed by atoms with van der Waals surface area (Å²) in [6, 6.07) is 3.73. The molecule has 0 radical (unpaired) electrons. The third-order valence-electron chi connectivity index (χ3n) is 4.79. The van der Waals surface area contributed by atoms with E-state index in [9.17, 15) is 9.59 Å². The summed E-state index contributed by atoms with van der Waals surface area (Å²) in [5.41, 5.74) is -0.276. The van der Waals surface area contributed by atoms with E-state index in [-0.39, 0.29) is 24.3 Å². The third kappa shape index (κ3) is 5.40. The molecule has 2 heterocycles. The number of ether oxygens (including phenoxy) is 2. The van der Waals surface area contributed by atoms with Crippen LogP contribution in [-0.4, -0.2) is 45.9 Å². The summed E-state index contributed by atoms with van der Waals surface area (Å²) in [5.74, 6) is 0.588. The zero-order valence-electron chi connectivity index (χ0n) is 18.4. The number of carbonyl (C=O) groups is 2. The van der Waals surface area contributed by atoms with Crippen LogP contribution in [0.4, 0.5) is 15.4 Å². The molecule has 29 heavy (non-hydrogen) atoms. The van der Waals surface area contributed by atoms with E-state index in [1.54, 1.807) is 16.0 Å². The molecule has 0 spiro atoms. The van der Waals surface area contributed by atoms with Gasteiger partial charge in [-0.05, 0) is 73.3 Å². The molecule has 7 nitrogen and oxygen atoms in total. The second kappa shape index (κ2) is 7.84. The van der Waals surface area contributed by atoms with Gasteiger partial charge < -0.3 is 14.4 Å². The fourth-order valence-corrected chi connectivity index (χ4v) is 3.55. The van der Waals surface area contributed by atoms with Crippen molar-refractivity contribution in [3.8, 4) is 0 Å². The molecule has 160 valence electrons. The van der Waals surface area contributed by atoms with E-state index >= 15 is 0 Å². The van der Waals surface area contributed by atoms with E-state index in [1.165, 1.54) is 0 Å². The summed E-state index contributed by atoms with van der Waals surface area (Å²) >= 11 is 0. The predicted molar refractivity (Wildman–Crippen MR) is 111 cm³/mol. The first-order valence-corrected chi connectivity index (χ1v) is 10.4. The fourth-order valence-electron chi connectivity index (χ4n) is 3.55. The third-order valence-corrected chi connectivity index (χ3v) is 4.79. The second-order valence-electron chi connectivity index (χ2n) is 9.83. The minimum Gasteiger partial charge on any atom is -0.444 e. The molecule has 0 unspecified atom stereocenters. The van der Waals surface area contributed by atoms with Crippen LogP contribution < -0.4 is 4.90 Å². The Bertz CT molecular complexity index is 762. The zero-order chi connectivity index (χ0) is 21.4. The molecule has 1 saturated heterocycles. The number of anilines is 1. The Hall–Kier alpha value is -2.31. The molecular formula is C22H33N3O4. The van der Waals surface area contributed by atoms with E-state index in [0.29, 0.717) is 12.4 Å². The summed E-state index contributed by atoms with van der Waals surface area (Å²) in [5, 5.41) is 0. The van der Waals surface area contributed by atoms with Gasteiger partial charge in [0.25, 0.3) is 0 Å². The molecule has 3 rings (SSSR count). The molecule has 1 saturated carbocycles. The highest BCUT2D eigenvalue weighted by atomic mass is 16.6. The van der Waals surface area contributed by atoms with E-state index in [0.717, 1.165) is 31.2 Å². The van der Waals surface area contributed by atoms with Crippen molar-refractivity contribution in [1.29, 1.82) is 0 Å². The van der Waals surface area contributed by atoms with E-state index in [1.807, 2.05) is 53.7 Å². The van der Waals surface area contributed by atoms with Crippen LogP contribution >= 0.6 is 0 Å². The molecule has 0 N–H and O–H groups in total. The first-order chi connectivity index (χ1) is 13.5. The Morgan fingerprint density at radius 2 is 1.72 bits per heavy atom. The van der Waals surface area contributed by atoms with E-state index in [2.05, 4.69) is 4.98 Å². The Morgan fingerprint density at radius 1 is 1.07 bits per heavy atom. The summed E-state index contributed by atoms with van der Waals surface area (Å²) in [7, 11) is 0. The molecule has 0 aromatic carbocycles. The van der Waals surface area contributed by atoms with Gasteiger partial charge in [0.15, 0.2) is 0 Å². The summed E-state index contributed by atoms with van der Waals surface area (Å²) in [6.45, 7) is 11.8. The lowest BCUT2D eigenvalue weighted by molar-refractivity contribution is 0.0224. The van der Waals surface area contributed by atoms with Crippen molar-refractivity contribution in [2.75, 3.05) is 11.4 Å². The maximum absolute atomic E-state index is 13.0. The van der Waals surface area contributed by atoms with Crippen LogP contribution in [0.2, 0.25) is 0 Å². The maximum atomic E-state index is 13.0. The monoisotopic (exact) mass is 403 g/mol. The van der Waals surface area contributed by atoms with E-state index < -0.39 is 11.2 Å². The molecule has 1 aliphatic heterocycles. The van der Waals surface area contributed by atoms with Crippen LogP contribution in [0, 0.1) is 0 Å². The highest BCUT2D eigenvalue weighted by molar-refractivity contribution is 5.89. The van der Waals surface area contributed by atoms with Gasteiger partial charge in [0, 0.05) is 24.3 Å². The van der Waals surface area contributed by atoms with Crippen molar-refractivity contribution in [3.63, 3.8) is 0 Å². The second-order valence-corrected chi connectivity index (χ2v) is 9.83. The summed E-state index contributed by atoms with van der Waals surface area (Å²) < 4.78 is 11.3. The van der Waals surface area contributed by atoms with Crippen LogP contribution in [-0.2, 0) is 9.47 Å². The van der Waals surface area contributed by atoms with Crippen molar-refractivity contribution < 1.29 is 19.1 Å². The lowest BCUT2D eigenvalue weighted by Crippen LogP contribution is -2.41. The van der Waals surface area contributed by atoms with Crippen molar-refractivity contribution in [1.82, 2.24) is 9.88 Å². The number of pyridine rings is 1. The van der Waals surface area contributed by atoms with Gasteiger partial charge in [0.2, 0.25) is 0 Å². The van der Waals surface area contributed by atoms with Crippen LogP contribution in [0.15, 0.2) is 18.3 Å². The Kier molecular flexibility index (Phi) is 5.79. The normalized spacial score (nSPS) is 19.8. The van der Waals surface area contributed by atoms with Gasteiger partial charge >= 0.3 is 12.2 Å². The van der Waals surface area contributed by atoms with Crippen LogP contribution in [0.1, 0.15) is 78.8 Å². The minimum absolute atomic E-state index is 0.0925. The Morgan fingerprint density at radius 3 is 2.31 bits per heavy atom. The topological polar surface area (TPSA) is 72.0 Å². The Labute approximate surface area is 173 Å². The van der Waals surface area contributed by atoms with Crippen molar-refractivity contribution in [3.05, 3.63) is 23.9 Å². The SMILES string of the molecule is CC(C)(C)OC(=O)N(c1ncccc1[C@@H]1CCCN1C(=O)OC(C)(C)C)C1CC1. The van der Waals surface area contributed by atoms with Crippen LogP contribution in [0.25, 0.3) is 0 Å². The van der Waals surface area contributed by atoms with Crippen molar-refractivity contribution in [2.24, 2.45) is 0 Å². The molecular weight excluding hydrogens is 370 g/mol. The van der Waals surface area contributed by atoms with Crippen LogP contribution in [0.5, 0.6) is 0 Å². The van der Waals surface area contributed by atoms with Crippen molar-refractivity contribution in [2.45, 2.75) is 90.5 Å². The maximum Gasteiger partial charge on any atom is 0.416 e. The first kappa shape index (κ1) is 21.4. The molecule has 2 amide bonds. The number of amides is 2. The average Bonchev–Trinajstić information content (AvgIpc) is 3.27. The highest BCUT2D eigenvalue weighted by Gasteiger charge is 2.41. The molecule has 2 fully saturated rings. The number of rotatable bonds is 3. The van der Waals surface area contributed by atoms with Gasteiger partial charge in [0.1, 0.15) is 17.0 Å². The molecule has 1 aromatic rings. The average molecular weight is 404 g/mol. The highest BCUT2D eigenvalue weighted by Crippen LogP contribution is 2.40. The number of nitrogens with zero attached hydrogens (tertiary/aromatic N) is 3. The number of carbonyl (C=O) groups excluding carboxylic acids is 2. The summed E-state index contributed by atoms with van der Waals surface area (Å²) in [6.07, 6.45) is 4.52. The van der Waals surface area contributed by atoms with Crippen LogP contribution in [0.3, 0.4) is 0 Å². The molecule has 1 atom stereocenters. The van der Waals surface area contributed by atoms with Gasteiger partial charge in [-0.15, -0.1) is 0 Å². The Balaban J connectivity index is 1.91. The van der Waals surface area contributed by atoms with Gasteiger partial charge in [0.05, 0.1) is 6.04 Å². The minimum atomic E-state index is -0.588. The number of hydrogen-bond acceptors (Lipinski definition) is 5. The van der Waals surface area contributed by atoms with E-state index in [4.69, 9.17) is 9.47 Å². The zero-order valence-corrected chi connectivity index (χ0v) is 18.4. The summed E-state index contributed by atoms with van der Waals surface area (Å²) in [4.78, 5) is 33.7. The first-order valence-electron chi connectivity index (χ1n) is 10.4. The predicted octanol–water partition coefficient (Wildman–Crippen LogP) is 5.06. The van der Waals surface area contributed by atoms with Gasteiger partial charge in [-0.1, -0.05) is 6.07 Å². The van der Waals surface area contributed by atoms with Gasteiger partial charge in [-0.25, -0.2) is 14.6 Å². The molecule has 0 bridgehead atoms. The molecule has 1 aliphatic carbocycles. The molecule has 7 heteroatoms. The van der Waals surface area contributed by atoms with Gasteiger partial charge in [-0.2, -0.15) is 0 Å². The smallest absolute Gasteiger partial charge is 0.416 e. The fraction of sp³-hybridized carbons (Fsp3) is 0.682. The number of hydrogen-bond donors (Lipinski definition) is 0. The largest absolute Gasteiger partial charge is 0.444 e. The standard InChI is InChI=1S/C22H33N3O4/c1-21(2,3)28-19(26)24-14-8-10-17(24)16-9-7-13-23-18(16)25(15-11-12-15)20(27)29-22(4,5)6/h7,9,13,15,17H,8,10-12,14H2,1-6H3/t17-/m0/s1. The lowest BCUT2D eigenvalue weighted by atomic mass is 10.0.